The fourth-order valence-corrected chi connectivity index (χ4v) is 2.67. The number of hydrogen-bond acceptors (Lipinski definition) is 3. The maximum Gasteiger partial charge on any atom is 0.339 e. The molecule has 1 unspecified atom stereocenters. The van der Waals surface area contributed by atoms with Crippen molar-refractivity contribution in [3.8, 4) is 0 Å². The smallest absolute Gasteiger partial charge is 0.339 e. The maximum atomic E-state index is 11.4. The van der Waals surface area contributed by atoms with Gasteiger partial charge in [0.25, 0.3) is 0 Å². The second kappa shape index (κ2) is 4.96. The van der Waals surface area contributed by atoms with Gasteiger partial charge in [-0.1, -0.05) is 13.3 Å². The van der Waals surface area contributed by atoms with Crippen LogP contribution in [0.25, 0.3) is 0 Å². The van der Waals surface area contributed by atoms with Gasteiger partial charge in [0.15, 0.2) is 0 Å². The summed E-state index contributed by atoms with van der Waals surface area (Å²) in [6, 6.07) is 1.83. The Kier molecular flexibility index (Phi) is 3.55. The van der Waals surface area contributed by atoms with Gasteiger partial charge in [-0.25, -0.2) is 9.78 Å². The first-order chi connectivity index (χ1) is 8.52. The molecule has 1 N–H and O–H groups in total. The molecule has 1 saturated heterocycles. The van der Waals surface area contributed by atoms with Crippen LogP contribution in [0.2, 0.25) is 0 Å². The summed E-state index contributed by atoms with van der Waals surface area (Å²) in [5, 5.41) is 9.35. The summed E-state index contributed by atoms with van der Waals surface area (Å²) in [7, 11) is 0. The number of carboxylic acids is 1. The molecule has 1 aliphatic rings. The Morgan fingerprint density at radius 3 is 2.83 bits per heavy atom. The van der Waals surface area contributed by atoms with E-state index in [1.54, 1.807) is 0 Å². The predicted molar refractivity (Wildman–Crippen MR) is 71.3 cm³/mol. The Hall–Kier alpha value is -1.58. The molecule has 0 spiro atoms. The van der Waals surface area contributed by atoms with Gasteiger partial charge >= 0.3 is 5.97 Å². The monoisotopic (exact) mass is 248 g/mol. The summed E-state index contributed by atoms with van der Waals surface area (Å²) < 4.78 is 0. The van der Waals surface area contributed by atoms with Crippen molar-refractivity contribution >= 4 is 11.8 Å². The maximum absolute atomic E-state index is 11.4. The van der Waals surface area contributed by atoms with E-state index in [-0.39, 0.29) is 0 Å². The third-order valence-electron chi connectivity index (χ3n) is 3.70. The van der Waals surface area contributed by atoms with Gasteiger partial charge in [0.05, 0.1) is 0 Å². The van der Waals surface area contributed by atoms with Crippen LogP contribution in [0.3, 0.4) is 0 Å². The van der Waals surface area contributed by atoms with E-state index in [4.69, 9.17) is 0 Å². The predicted octanol–water partition coefficient (Wildman–Crippen LogP) is 2.63. The topological polar surface area (TPSA) is 53.4 Å². The number of carbonyl (C=O) groups is 1. The average Bonchev–Trinajstić information content (AvgIpc) is 2.75. The fourth-order valence-electron chi connectivity index (χ4n) is 2.67. The molecule has 4 heteroatoms. The molecule has 0 amide bonds. The number of aryl methyl sites for hydroxylation is 2. The molecule has 0 saturated carbocycles. The average molecular weight is 248 g/mol. The van der Waals surface area contributed by atoms with Gasteiger partial charge in [-0.3, -0.25) is 0 Å². The highest BCUT2D eigenvalue weighted by atomic mass is 16.4. The highest BCUT2D eigenvalue weighted by molar-refractivity contribution is 5.95. The van der Waals surface area contributed by atoms with E-state index in [1.165, 1.54) is 0 Å². The molecule has 18 heavy (non-hydrogen) atoms. The van der Waals surface area contributed by atoms with Crippen molar-refractivity contribution in [3.05, 3.63) is 22.9 Å². The highest BCUT2D eigenvalue weighted by Crippen LogP contribution is 2.29. The van der Waals surface area contributed by atoms with Crippen LogP contribution in [0.15, 0.2) is 6.07 Å². The van der Waals surface area contributed by atoms with Gasteiger partial charge in [0.1, 0.15) is 11.4 Å². The van der Waals surface area contributed by atoms with E-state index in [0.29, 0.717) is 17.3 Å². The Balaban J connectivity index is 2.40. The van der Waals surface area contributed by atoms with Crippen molar-refractivity contribution in [1.82, 2.24) is 4.98 Å². The zero-order valence-corrected chi connectivity index (χ0v) is 11.2. The number of aromatic carboxylic acids is 1. The third kappa shape index (κ3) is 2.33. The fraction of sp³-hybridized carbons (Fsp3) is 0.571. The van der Waals surface area contributed by atoms with Gasteiger partial charge in [-0.15, -0.1) is 0 Å². The standard InChI is InChI=1S/C14H20N2O2/c1-4-11-5-6-16(8-11)13-12(14(17)18)9(2)7-10(3)15-13/h7,11H,4-6,8H2,1-3H3,(H,17,18). The molecule has 2 heterocycles. The van der Waals surface area contributed by atoms with Crippen molar-refractivity contribution in [2.45, 2.75) is 33.6 Å². The second-order valence-corrected chi connectivity index (χ2v) is 5.09. The number of rotatable bonds is 3. The lowest BCUT2D eigenvalue weighted by Gasteiger charge is -2.21. The van der Waals surface area contributed by atoms with Crippen molar-refractivity contribution in [2.75, 3.05) is 18.0 Å². The van der Waals surface area contributed by atoms with Crippen molar-refractivity contribution in [2.24, 2.45) is 5.92 Å². The first-order valence-corrected chi connectivity index (χ1v) is 6.49. The molecule has 1 aliphatic heterocycles. The van der Waals surface area contributed by atoms with Crippen LogP contribution in [-0.2, 0) is 0 Å². The van der Waals surface area contributed by atoms with Crippen LogP contribution in [0.4, 0.5) is 5.82 Å². The number of anilines is 1. The second-order valence-electron chi connectivity index (χ2n) is 5.09. The van der Waals surface area contributed by atoms with Crippen LogP contribution in [0.1, 0.15) is 41.4 Å². The summed E-state index contributed by atoms with van der Waals surface area (Å²) in [6.07, 6.45) is 2.27. The molecule has 0 aliphatic carbocycles. The van der Waals surface area contributed by atoms with Crippen LogP contribution < -0.4 is 4.90 Å². The molecule has 1 aromatic rings. The molecular formula is C14H20N2O2. The Morgan fingerprint density at radius 1 is 1.56 bits per heavy atom. The largest absolute Gasteiger partial charge is 0.478 e. The molecule has 1 atom stereocenters. The highest BCUT2D eigenvalue weighted by Gasteiger charge is 2.27. The summed E-state index contributed by atoms with van der Waals surface area (Å²) in [6.45, 7) is 7.77. The van der Waals surface area contributed by atoms with Crippen LogP contribution in [0, 0.1) is 19.8 Å². The molecule has 2 rings (SSSR count). The van der Waals surface area contributed by atoms with Gasteiger partial charge < -0.3 is 10.0 Å². The summed E-state index contributed by atoms with van der Waals surface area (Å²) in [4.78, 5) is 18.0. The van der Waals surface area contributed by atoms with Crippen molar-refractivity contribution in [1.29, 1.82) is 0 Å². The molecular weight excluding hydrogens is 228 g/mol. The first-order valence-electron chi connectivity index (χ1n) is 6.49. The number of pyridine rings is 1. The molecule has 98 valence electrons. The minimum Gasteiger partial charge on any atom is -0.478 e. The summed E-state index contributed by atoms with van der Waals surface area (Å²) in [5.74, 6) is 0.431. The number of aromatic nitrogens is 1. The van der Waals surface area contributed by atoms with Crippen LogP contribution in [0.5, 0.6) is 0 Å². The normalized spacial score (nSPS) is 19.3. The lowest BCUT2D eigenvalue weighted by Crippen LogP contribution is -2.24. The molecule has 0 radical (unpaired) electrons. The number of carboxylic acid groups (broad SMARTS) is 1. The van der Waals surface area contributed by atoms with Gasteiger partial charge in [0.2, 0.25) is 0 Å². The minimum atomic E-state index is -0.880. The minimum absolute atomic E-state index is 0.359. The van der Waals surface area contributed by atoms with Crippen molar-refractivity contribution in [3.63, 3.8) is 0 Å². The molecule has 0 bridgehead atoms. The van der Waals surface area contributed by atoms with Crippen LogP contribution in [-0.4, -0.2) is 29.1 Å². The van der Waals surface area contributed by atoms with E-state index >= 15 is 0 Å². The van der Waals surface area contributed by atoms with E-state index in [9.17, 15) is 9.90 Å². The molecule has 1 fully saturated rings. The van der Waals surface area contributed by atoms with Gasteiger partial charge in [0, 0.05) is 18.8 Å². The van der Waals surface area contributed by atoms with Gasteiger partial charge in [-0.05, 0) is 37.8 Å². The molecule has 0 aromatic carbocycles. The zero-order chi connectivity index (χ0) is 13.3. The lowest BCUT2D eigenvalue weighted by molar-refractivity contribution is 0.0696. The van der Waals surface area contributed by atoms with E-state index < -0.39 is 5.97 Å². The number of nitrogens with zero attached hydrogens (tertiary/aromatic N) is 2. The zero-order valence-electron chi connectivity index (χ0n) is 11.2. The Morgan fingerprint density at radius 2 is 2.28 bits per heavy atom. The Labute approximate surface area is 108 Å². The first kappa shape index (κ1) is 12.9. The molecule has 1 aromatic heterocycles. The molecule has 4 nitrogen and oxygen atoms in total. The van der Waals surface area contributed by atoms with E-state index in [1.807, 2.05) is 19.9 Å². The number of hydrogen-bond donors (Lipinski definition) is 1. The third-order valence-corrected chi connectivity index (χ3v) is 3.70. The summed E-state index contributed by atoms with van der Waals surface area (Å²) >= 11 is 0. The SMILES string of the molecule is CCC1CCN(c2nc(C)cc(C)c2C(=O)O)C1. The summed E-state index contributed by atoms with van der Waals surface area (Å²) in [5.41, 5.74) is 2.04. The van der Waals surface area contributed by atoms with E-state index in [0.717, 1.165) is 37.2 Å². The van der Waals surface area contributed by atoms with Gasteiger partial charge in [-0.2, -0.15) is 0 Å². The van der Waals surface area contributed by atoms with Crippen LogP contribution >= 0.6 is 0 Å². The lowest BCUT2D eigenvalue weighted by atomic mass is 10.1. The Bertz CT molecular complexity index is 471. The van der Waals surface area contributed by atoms with E-state index in [2.05, 4.69) is 16.8 Å². The van der Waals surface area contributed by atoms with Crippen molar-refractivity contribution < 1.29 is 9.90 Å². The quantitative estimate of drug-likeness (QED) is 0.893.